The molecule has 2 rings (SSSR count). The van der Waals surface area contributed by atoms with E-state index in [0.717, 1.165) is 6.07 Å². The summed E-state index contributed by atoms with van der Waals surface area (Å²) in [4.78, 5) is 27.3. The molecule has 0 aliphatic carbocycles. The molecule has 1 fully saturated rings. The van der Waals surface area contributed by atoms with Gasteiger partial charge in [0.25, 0.3) is 5.91 Å². The Balaban J connectivity index is 2.02. The number of carbonyl (C=O) groups excluding carboxylic acids is 2. The molecule has 114 valence electrons. The third-order valence-electron chi connectivity index (χ3n) is 3.37. The minimum Gasteiger partial charge on any atom is -0.508 e. The molecule has 1 heterocycles. The van der Waals surface area contributed by atoms with Crippen LogP contribution in [0.15, 0.2) is 18.2 Å². The van der Waals surface area contributed by atoms with Gasteiger partial charge in [0.1, 0.15) is 16.9 Å². The van der Waals surface area contributed by atoms with Crippen molar-refractivity contribution in [2.24, 2.45) is 0 Å². The number of phenols is 2. The Morgan fingerprint density at radius 1 is 1.05 bits per heavy atom. The summed E-state index contributed by atoms with van der Waals surface area (Å²) in [7, 11) is 0. The van der Waals surface area contributed by atoms with Gasteiger partial charge in [-0.15, -0.1) is 11.6 Å². The van der Waals surface area contributed by atoms with Crippen LogP contribution in [0.4, 0.5) is 0 Å². The van der Waals surface area contributed by atoms with E-state index in [2.05, 4.69) is 0 Å². The Labute approximate surface area is 127 Å². The molecule has 0 saturated carbocycles. The maximum absolute atomic E-state index is 12.3. The van der Waals surface area contributed by atoms with Crippen molar-refractivity contribution in [1.82, 2.24) is 9.80 Å². The zero-order valence-electron chi connectivity index (χ0n) is 11.6. The predicted molar refractivity (Wildman–Crippen MR) is 77.6 cm³/mol. The van der Waals surface area contributed by atoms with Gasteiger partial charge in [-0.2, -0.15) is 0 Å². The summed E-state index contributed by atoms with van der Waals surface area (Å²) < 4.78 is 0. The summed E-state index contributed by atoms with van der Waals surface area (Å²) in [6, 6.07) is 3.77. The third kappa shape index (κ3) is 3.58. The molecule has 0 bridgehead atoms. The summed E-state index contributed by atoms with van der Waals surface area (Å²) in [6.45, 7) is 3.25. The van der Waals surface area contributed by atoms with Crippen molar-refractivity contribution in [1.29, 1.82) is 0 Å². The van der Waals surface area contributed by atoms with E-state index in [1.165, 1.54) is 12.1 Å². The van der Waals surface area contributed by atoms with Crippen molar-refractivity contribution < 1.29 is 19.8 Å². The zero-order chi connectivity index (χ0) is 15.6. The SMILES string of the molecule is CC(Cl)C(=O)N1CCN(C(=O)c2cc(O)cc(O)c2)CC1. The summed E-state index contributed by atoms with van der Waals surface area (Å²) in [5.41, 5.74) is 0.220. The van der Waals surface area contributed by atoms with E-state index in [9.17, 15) is 19.8 Å². The van der Waals surface area contributed by atoms with Gasteiger partial charge in [0.05, 0.1) is 0 Å². The van der Waals surface area contributed by atoms with Crippen molar-refractivity contribution >= 4 is 23.4 Å². The van der Waals surface area contributed by atoms with E-state index in [1.807, 2.05) is 0 Å². The van der Waals surface area contributed by atoms with Crippen LogP contribution in [0.3, 0.4) is 0 Å². The topological polar surface area (TPSA) is 81.1 Å². The third-order valence-corrected chi connectivity index (χ3v) is 3.56. The highest BCUT2D eigenvalue weighted by molar-refractivity contribution is 6.30. The molecule has 7 heteroatoms. The van der Waals surface area contributed by atoms with Gasteiger partial charge in [-0.05, 0) is 19.1 Å². The first kappa shape index (κ1) is 15.4. The molecule has 1 aliphatic heterocycles. The van der Waals surface area contributed by atoms with Crippen molar-refractivity contribution in [3.8, 4) is 11.5 Å². The Bertz CT molecular complexity index is 534. The molecule has 1 aliphatic rings. The van der Waals surface area contributed by atoms with Gasteiger partial charge in [-0.25, -0.2) is 0 Å². The molecule has 1 unspecified atom stereocenters. The van der Waals surface area contributed by atoms with Crippen LogP contribution in [0.25, 0.3) is 0 Å². The Morgan fingerprint density at radius 3 is 2.00 bits per heavy atom. The number of benzene rings is 1. The number of carbonyl (C=O) groups is 2. The maximum atomic E-state index is 12.3. The summed E-state index contributed by atoms with van der Waals surface area (Å²) in [6.07, 6.45) is 0. The summed E-state index contributed by atoms with van der Waals surface area (Å²) in [5.74, 6) is -0.753. The highest BCUT2D eigenvalue weighted by Gasteiger charge is 2.26. The molecule has 1 saturated heterocycles. The molecule has 2 amide bonds. The van der Waals surface area contributed by atoms with Gasteiger partial charge in [0, 0.05) is 37.8 Å². The van der Waals surface area contributed by atoms with Crippen LogP contribution in [0, 0.1) is 0 Å². The molecule has 1 atom stereocenters. The lowest BCUT2D eigenvalue weighted by atomic mass is 10.1. The van der Waals surface area contributed by atoms with E-state index in [0.29, 0.717) is 26.2 Å². The number of halogens is 1. The van der Waals surface area contributed by atoms with Gasteiger partial charge in [0.2, 0.25) is 5.91 Å². The van der Waals surface area contributed by atoms with Crippen LogP contribution >= 0.6 is 11.6 Å². The zero-order valence-corrected chi connectivity index (χ0v) is 12.4. The first-order valence-corrected chi connectivity index (χ1v) is 7.07. The van der Waals surface area contributed by atoms with Crippen LogP contribution in [-0.2, 0) is 4.79 Å². The first-order chi connectivity index (χ1) is 9.88. The largest absolute Gasteiger partial charge is 0.508 e. The number of rotatable bonds is 2. The standard InChI is InChI=1S/C14H17ClN2O4/c1-9(15)13(20)16-2-4-17(5-3-16)14(21)10-6-11(18)8-12(19)7-10/h6-9,18-19H,2-5H2,1H3. The van der Waals surface area contributed by atoms with Crippen LogP contribution in [0.5, 0.6) is 11.5 Å². The number of aromatic hydroxyl groups is 2. The van der Waals surface area contributed by atoms with Gasteiger partial charge >= 0.3 is 0 Å². The van der Waals surface area contributed by atoms with Crippen LogP contribution in [0.2, 0.25) is 0 Å². The molecule has 0 spiro atoms. The minimum atomic E-state index is -0.574. The first-order valence-electron chi connectivity index (χ1n) is 6.63. The number of nitrogens with zero attached hydrogens (tertiary/aromatic N) is 2. The average molecular weight is 313 g/mol. The van der Waals surface area contributed by atoms with E-state index < -0.39 is 5.38 Å². The fraction of sp³-hybridized carbons (Fsp3) is 0.429. The number of hydrogen-bond donors (Lipinski definition) is 2. The van der Waals surface area contributed by atoms with E-state index in [4.69, 9.17) is 11.6 Å². The monoisotopic (exact) mass is 312 g/mol. The molecule has 0 radical (unpaired) electrons. The number of hydrogen-bond acceptors (Lipinski definition) is 4. The maximum Gasteiger partial charge on any atom is 0.254 e. The Hall–Kier alpha value is -1.95. The van der Waals surface area contributed by atoms with Crippen molar-refractivity contribution in [3.05, 3.63) is 23.8 Å². The normalized spacial score (nSPS) is 16.7. The molecule has 6 nitrogen and oxygen atoms in total. The van der Waals surface area contributed by atoms with Crippen LogP contribution in [-0.4, -0.2) is 63.4 Å². The number of amides is 2. The molecule has 21 heavy (non-hydrogen) atoms. The fourth-order valence-electron chi connectivity index (χ4n) is 2.28. The number of phenolic OH excluding ortho intramolecular Hbond substituents is 2. The lowest BCUT2D eigenvalue weighted by molar-refractivity contribution is -0.131. The Kier molecular flexibility index (Phi) is 4.57. The Morgan fingerprint density at radius 2 is 1.52 bits per heavy atom. The smallest absolute Gasteiger partial charge is 0.254 e. The summed E-state index contributed by atoms with van der Waals surface area (Å²) >= 11 is 5.76. The average Bonchev–Trinajstić information content (AvgIpc) is 2.44. The van der Waals surface area contributed by atoms with Gasteiger partial charge in [-0.3, -0.25) is 9.59 Å². The predicted octanol–water partition coefficient (Wildman–Crippen LogP) is 1.01. The number of piperazine rings is 1. The van der Waals surface area contributed by atoms with Crippen LogP contribution < -0.4 is 0 Å². The van der Waals surface area contributed by atoms with E-state index in [1.54, 1.807) is 16.7 Å². The van der Waals surface area contributed by atoms with Gasteiger partial charge in [0.15, 0.2) is 0 Å². The molecule has 1 aromatic rings. The van der Waals surface area contributed by atoms with Gasteiger partial charge < -0.3 is 20.0 Å². The van der Waals surface area contributed by atoms with Crippen molar-refractivity contribution in [3.63, 3.8) is 0 Å². The number of alkyl halides is 1. The highest BCUT2D eigenvalue weighted by atomic mass is 35.5. The second-order valence-electron chi connectivity index (χ2n) is 4.97. The van der Waals surface area contributed by atoms with Crippen LogP contribution in [0.1, 0.15) is 17.3 Å². The van der Waals surface area contributed by atoms with Crippen molar-refractivity contribution in [2.45, 2.75) is 12.3 Å². The quantitative estimate of drug-likeness (QED) is 0.799. The lowest BCUT2D eigenvalue weighted by Gasteiger charge is -2.35. The molecule has 0 aromatic heterocycles. The van der Waals surface area contributed by atoms with Gasteiger partial charge in [-0.1, -0.05) is 0 Å². The highest BCUT2D eigenvalue weighted by Crippen LogP contribution is 2.22. The second-order valence-corrected chi connectivity index (χ2v) is 5.63. The molecular weight excluding hydrogens is 296 g/mol. The second kappa shape index (κ2) is 6.22. The van der Waals surface area contributed by atoms with E-state index >= 15 is 0 Å². The fourth-order valence-corrected chi connectivity index (χ4v) is 2.42. The lowest BCUT2D eigenvalue weighted by Crippen LogP contribution is -2.52. The summed E-state index contributed by atoms with van der Waals surface area (Å²) in [5, 5.41) is 18.3. The molecular formula is C14H17ClN2O4. The minimum absolute atomic E-state index is 0.140. The van der Waals surface area contributed by atoms with E-state index in [-0.39, 0.29) is 28.9 Å². The molecule has 2 N–H and O–H groups in total. The molecule has 1 aromatic carbocycles. The van der Waals surface area contributed by atoms with Crippen molar-refractivity contribution in [2.75, 3.05) is 26.2 Å².